The summed E-state index contributed by atoms with van der Waals surface area (Å²) >= 11 is 0. The second kappa shape index (κ2) is 8.63. The van der Waals surface area contributed by atoms with Crippen LogP contribution in [0.1, 0.15) is 69.1 Å². The zero-order valence-corrected chi connectivity index (χ0v) is 20.5. The molecule has 7 heteroatoms. The highest BCUT2D eigenvalue weighted by atomic mass is 19.1. The lowest BCUT2D eigenvalue weighted by Gasteiger charge is -2.53. The number of hydrogen-bond donors (Lipinski definition) is 3. The number of amides is 3. The molecule has 2 aromatic carbocycles. The van der Waals surface area contributed by atoms with E-state index in [4.69, 9.17) is 0 Å². The van der Waals surface area contributed by atoms with E-state index in [0.29, 0.717) is 13.1 Å². The third kappa shape index (κ3) is 4.66. The van der Waals surface area contributed by atoms with E-state index in [0.717, 1.165) is 55.3 Å². The fourth-order valence-corrected chi connectivity index (χ4v) is 6.06. The summed E-state index contributed by atoms with van der Waals surface area (Å²) < 4.78 is 13.5. The normalized spacial score (nSPS) is 25.3. The monoisotopic (exact) mass is 479 g/mol. The van der Waals surface area contributed by atoms with Gasteiger partial charge in [-0.15, -0.1) is 0 Å². The Hall–Kier alpha value is -2.93. The highest BCUT2D eigenvalue weighted by molar-refractivity contribution is 5.89. The van der Waals surface area contributed by atoms with Crippen molar-refractivity contribution in [2.24, 2.45) is 5.41 Å². The topological polar surface area (TPSA) is 81.7 Å². The van der Waals surface area contributed by atoms with Crippen LogP contribution in [0, 0.1) is 11.2 Å². The fraction of sp³-hybridized carbons (Fsp3) is 0.500. The Kier molecular flexibility index (Phi) is 5.86. The number of halogens is 1. The van der Waals surface area contributed by atoms with E-state index in [1.54, 1.807) is 24.8 Å². The van der Waals surface area contributed by atoms with Gasteiger partial charge in [0.25, 0.3) is 0 Å². The van der Waals surface area contributed by atoms with E-state index >= 15 is 0 Å². The van der Waals surface area contributed by atoms with Gasteiger partial charge in [-0.3, -0.25) is 4.79 Å². The summed E-state index contributed by atoms with van der Waals surface area (Å²) in [6.07, 6.45) is 5.49. The van der Waals surface area contributed by atoms with Gasteiger partial charge in [0.2, 0.25) is 5.91 Å². The minimum atomic E-state index is -0.909. The molecule has 0 spiro atoms. The van der Waals surface area contributed by atoms with Crippen LogP contribution in [0.2, 0.25) is 0 Å². The zero-order valence-electron chi connectivity index (χ0n) is 20.5. The first-order valence-corrected chi connectivity index (χ1v) is 12.5. The quantitative estimate of drug-likeness (QED) is 0.573. The molecular formula is C28H34FN3O3. The van der Waals surface area contributed by atoms with Crippen LogP contribution in [0.3, 0.4) is 0 Å². The van der Waals surface area contributed by atoms with Crippen LogP contribution >= 0.6 is 0 Å². The SMILES string of the molecule is CC(C)(O)CNC(=O)C12CCC(c3ccc(NC(=O)N4Cc5ccc(F)cc5C4)cc3)(CC1)CC2. The van der Waals surface area contributed by atoms with Crippen molar-refractivity contribution in [2.45, 2.75) is 76.5 Å². The van der Waals surface area contributed by atoms with Crippen LogP contribution in [0.4, 0.5) is 14.9 Å². The van der Waals surface area contributed by atoms with E-state index in [-0.39, 0.29) is 35.1 Å². The van der Waals surface area contributed by atoms with Gasteiger partial charge in [-0.25, -0.2) is 9.18 Å². The number of urea groups is 1. The van der Waals surface area contributed by atoms with Crippen molar-refractivity contribution >= 4 is 17.6 Å². The van der Waals surface area contributed by atoms with Gasteiger partial charge in [0.05, 0.1) is 5.60 Å². The highest BCUT2D eigenvalue weighted by Crippen LogP contribution is 2.57. The van der Waals surface area contributed by atoms with Crippen molar-refractivity contribution in [1.29, 1.82) is 0 Å². The van der Waals surface area contributed by atoms with Crippen molar-refractivity contribution in [3.05, 3.63) is 65.0 Å². The van der Waals surface area contributed by atoms with Crippen LogP contribution in [0.5, 0.6) is 0 Å². The molecule has 0 radical (unpaired) electrons. The second-order valence-corrected chi connectivity index (χ2v) is 11.3. The molecule has 2 bridgehead atoms. The number of hydrogen-bond acceptors (Lipinski definition) is 3. The van der Waals surface area contributed by atoms with E-state index in [2.05, 4.69) is 22.8 Å². The summed E-state index contributed by atoms with van der Waals surface area (Å²) in [7, 11) is 0. The number of anilines is 1. The first-order chi connectivity index (χ1) is 16.6. The van der Waals surface area contributed by atoms with Gasteiger partial charge in [0.15, 0.2) is 0 Å². The number of carbonyl (C=O) groups is 2. The Morgan fingerprint density at radius 2 is 1.60 bits per heavy atom. The van der Waals surface area contributed by atoms with Crippen molar-refractivity contribution < 1.29 is 19.1 Å². The first kappa shape index (κ1) is 23.8. The van der Waals surface area contributed by atoms with Crippen molar-refractivity contribution in [3.63, 3.8) is 0 Å². The van der Waals surface area contributed by atoms with Gasteiger partial charge >= 0.3 is 6.03 Å². The van der Waals surface area contributed by atoms with Crippen LogP contribution in [-0.2, 0) is 23.3 Å². The van der Waals surface area contributed by atoms with Gasteiger partial charge in [-0.2, -0.15) is 0 Å². The fourth-order valence-electron chi connectivity index (χ4n) is 6.06. The molecule has 2 aromatic rings. The molecule has 186 valence electrons. The Balaban J connectivity index is 1.19. The van der Waals surface area contributed by atoms with Crippen molar-refractivity contribution in [2.75, 3.05) is 11.9 Å². The average Bonchev–Trinajstić information content (AvgIpc) is 3.27. The van der Waals surface area contributed by atoms with Gasteiger partial charge in [-0.05, 0) is 98.7 Å². The number of nitrogens with one attached hydrogen (secondary N) is 2. The number of rotatable bonds is 5. The summed E-state index contributed by atoms with van der Waals surface area (Å²) in [5.74, 6) is -0.198. The van der Waals surface area contributed by atoms with Crippen LogP contribution in [-0.4, -0.2) is 34.1 Å². The molecule has 0 atom stereocenters. The number of fused-ring (bicyclic) bond motifs is 4. The molecule has 0 saturated heterocycles. The molecule has 6 nitrogen and oxygen atoms in total. The van der Waals surface area contributed by atoms with Gasteiger partial charge in [-0.1, -0.05) is 18.2 Å². The van der Waals surface area contributed by atoms with Gasteiger partial charge in [0, 0.05) is 30.7 Å². The Bertz CT molecular complexity index is 1110. The predicted molar refractivity (Wildman–Crippen MR) is 132 cm³/mol. The van der Waals surface area contributed by atoms with E-state index in [1.165, 1.54) is 17.7 Å². The zero-order chi connectivity index (χ0) is 24.8. The van der Waals surface area contributed by atoms with E-state index < -0.39 is 5.60 Å². The van der Waals surface area contributed by atoms with Crippen LogP contribution in [0.15, 0.2) is 42.5 Å². The number of aliphatic hydroxyl groups is 1. The third-order valence-corrected chi connectivity index (χ3v) is 8.34. The average molecular weight is 480 g/mol. The standard InChI is InChI=1S/C28H34FN3O3/c1-26(2,35)18-30-24(33)28-12-9-27(10-13-28,11-14-28)21-4-7-23(8-5-21)31-25(34)32-16-19-3-6-22(29)15-20(19)17-32/h3-8,15,35H,9-14,16-18H2,1-2H3,(H,30,33)(H,31,34). The molecule has 0 aromatic heterocycles. The smallest absolute Gasteiger partial charge is 0.322 e. The summed E-state index contributed by atoms with van der Waals surface area (Å²) in [6, 6.07) is 12.6. The molecule has 3 fully saturated rings. The Labute approximate surface area is 205 Å². The summed E-state index contributed by atoms with van der Waals surface area (Å²) in [5, 5.41) is 15.9. The number of nitrogens with zero attached hydrogens (tertiary/aromatic N) is 1. The Morgan fingerprint density at radius 3 is 2.23 bits per heavy atom. The second-order valence-electron chi connectivity index (χ2n) is 11.3. The first-order valence-electron chi connectivity index (χ1n) is 12.5. The maximum absolute atomic E-state index is 13.5. The maximum atomic E-state index is 13.5. The molecule has 6 rings (SSSR count). The van der Waals surface area contributed by atoms with Crippen molar-refractivity contribution in [1.82, 2.24) is 10.2 Å². The van der Waals surface area contributed by atoms with E-state index in [9.17, 15) is 19.1 Å². The minimum Gasteiger partial charge on any atom is -0.389 e. The lowest BCUT2D eigenvalue weighted by molar-refractivity contribution is -0.138. The van der Waals surface area contributed by atoms with Crippen molar-refractivity contribution in [3.8, 4) is 0 Å². The largest absolute Gasteiger partial charge is 0.389 e. The van der Waals surface area contributed by atoms with E-state index in [1.807, 2.05) is 12.1 Å². The molecule has 3 saturated carbocycles. The molecule has 1 aliphatic heterocycles. The molecule has 3 aliphatic carbocycles. The molecule has 3 N–H and O–H groups in total. The maximum Gasteiger partial charge on any atom is 0.322 e. The molecule has 35 heavy (non-hydrogen) atoms. The van der Waals surface area contributed by atoms with Crippen LogP contribution < -0.4 is 10.6 Å². The number of benzene rings is 2. The van der Waals surface area contributed by atoms with Crippen LogP contribution in [0.25, 0.3) is 0 Å². The molecule has 4 aliphatic rings. The number of carbonyl (C=O) groups excluding carboxylic acids is 2. The summed E-state index contributed by atoms with van der Waals surface area (Å²) in [5.41, 5.74) is 2.71. The molecule has 1 heterocycles. The molecular weight excluding hydrogens is 445 g/mol. The summed E-state index contributed by atoms with van der Waals surface area (Å²) in [6.45, 7) is 4.56. The summed E-state index contributed by atoms with van der Waals surface area (Å²) in [4.78, 5) is 27.4. The Morgan fingerprint density at radius 1 is 0.971 bits per heavy atom. The lowest BCUT2D eigenvalue weighted by atomic mass is 9.51. The van der Waals surface area contributed by atoms with Gasteiger partial charge in [0.1, 0.15) is 5.82 Å². The molecule has 0 unspecified atom stereocenters. The third-order valence-electron chi connectivity index (χ3n) is 8.34. The molecule has 3 amide bonds. The lowest BCUT2D eigenvalue weighted by Crippen LogP contribution is -2.53. The minimum absolute atomic E-state index is 0.0813. The van der Waals surface area contributed by atoms with Gasteiger partial charge < -0.3 is 20.6 Å². The highest BCUT2D eigenvalue weighted by Gasteiger charge is 2.52. The predicted octanol–water partition coefficient (Wildman–Crippen LogP) is 4.85.